The van der Waals surface area contributed by atoms with Crippen molar-refractivity contribution in [1.82, 2.24) is 0 Å². The molecule has 0 aromatic heterocycles. The Bertz CT molecular complexity index is 119. The van der Waals surface area contributed by atoms with Gasteiger partial charge in [-0.3, -0.25) is 0 Å². The second-order valence-electron chi connectivity index (χ2n) is 2.32. The largest absolute Gasteiger partial charge is 0.393 e. The molecule has 0 spiro atoms. The zero-order valence-corrected chi connectivity index (χ0v) is 7.02. The third-order valence-corrected chi connectivity index (χ3v) is 1.34. The summed E-state index contributed by atoms with van der Waals surface area (Å²) in [6, 6.07) is 0. The average molecular weight is 159 g/mol. The molecule has 58 valence electrons. The molecule has 1 atom stereocenters. The Morgan fingerprint density at radius 1 is 1.60 bits per heavy atom. The molecule has 3 heteroatoms. The number of thiocarbonyl (C=S) groups is 1. The van der Waals surface area contributed by atoms with E-state index in [0.717, 1.165) is 25.8 Å². The van der Waals surface area contributed by atoms with Gasteiger partial charge in [-0.2, -0.15) is 0 Å². The molecule has 0 bridgehead atoms. The highest BCUT2D eigenvalue weighted by Crippen LogP contribution is 1.99. The summed E-state index contributed by atoms with van der Waals surface area (Å²) >= 11 is 4.39. The van der Waals surface area contributed by atoms with Gasteiger partial charge in [0, 0.05) is 6.54 Å². The zero-order chi connectivity index (χ0) is 7.82. The van der Waals surface area contributed by atoms with Crippen molar-refractivity contribution in [3.63, 3.8) is 0 Å². The van der Waals surface area contributed by atoms with E-state index in [-0.39, 0.29) is 6.10 Å². The van der Waals surface area contributed by atoms with Crippen molar-refractivity contribution >= 4 is 17.4 Å². The summed E-state index contributed by atoms with van der Waals surface area (Å²) in [5.41, 5.74) is 0. The van der Waals surface area contributed by atoms with Gasteiger partial charge in [0.15, 0.2) is 0 Å². The van der Waals surface area contributed by atoms with Crippen LogP contribution in [-0.2, 0) is 0 Å². The molecule has 0 saturated carbocycles. The number of aliphatic hydroxyl groups excluding tert-OH is 1. The zero-order valence-electron chi connectivity index (χ0n) is 6.21. The molecule has 0 aromatic carbocycles. The third kappa shape index (κ3) is 7.76. The summed E-state index contributed by atoms with van der Waals surface area (Å²) in [7, 11) is 0. The fourth-order valence-corrected chi connectivity index (χ4v) is 0.768. The van der Waals surface area contributed by atoms with Gasteiger partial charge in [-0.25, -0.2) is 4.99 Å². The first-order chi connectivity index (χ1) is 4.77. The van der Waals surface area contributed by atoms with Crippen molar-refractivity contribution in [2.24, 2.45) is 4.99 Å². The van der Waals surface area contributed by atoms with Crippen LogP contribution >= 0.6 is 12.2 Å². The molecule has 0 radical (unpaired) electrons. The van der Waals surface area contributed by atoms with E-state index >= 15 is 0 Å². The van der Waals surface area contributed by atoms with E-state index in [2.05, 4.69) is 22.4 Å². The van der Waals surface area contributed by atoms with Crippen molar-refractivity contribution in [2.45, 2.75) is 32.3 Å². The highest BCUT2D eigenvalue weighted by atomic mass is 32.1. The van der Waals surface area contributed by atoms with Crippen molar-refractivity contribution in [2.75, 3.05) is 6.54 Å². The van der Waals surface area contributed by atoms with E-state index in [1.807, 2.05) is 0 Å². The fraction of sp³-hybridized carbons (Fsp3) is 0.857. The van der Waals surface area contributed by atoms with Crippen molar-refractivity contribution in [3.8, 4) is 0 Å². The van der Waals surface area contributed by atoms with Gasteiger partial charge >= 0.3 is 0 Å². The summed E-state index contributed by atoms with van der Waals surface area (Å²) in [5, 5.41) is 11.1. The predicted molar refractivity (Wildman–Crippen MR) is 45.4 cm³/mol. The molecule has 0 fully saturated rings. The van der Waals surface area contributed by atoms with Crippen LogP contribution in [0.3, 0.4) is 0 Å². The van der Waals surface area contributed by atoms with E-state index in [0.29, 0.717) is 0 Å². The van der Waals surface area contributed by atoms with Gasteiger partial charge in [-0.15, -0.1) is 0 Å². The van der Waals surface area contributed by atoms with Crippen LogP contribution in [0.1, 0.15) is 26.2 Å². The summed E-state index contributed by atoms with van der Waals surface area (Å²) in [6.45, 7) is 2.54. The Balaban J connectivity index is 2.98. The van der Waals surface area contributed by atoms with E-state index in [9.17, 15) is 0 Å². The maximum Gasteiger partial charge on any atom is 0.0584 e. The lowest BCUT2D eigenvalue weighted by molar-refractivity contribution is 0.181. The monoisotopic (exact) mass is 159 g/mol. The normalized spacial score (nSPS) is 12.2. The topological polar surface area (TPSA) is 32.6 Å². The summed E-state index contributed by atoms with van der Waals surface area (Å²) in [5.74, 6) is 0. The molecule has 1 unspecified atom stereocenters. The molecule has 10 heavy (non-hydrogen) atoms. The van der Waals surface area contributed by atoms with E-state index < -0.39 is 0 Å². The number of aliphatic imine (C=N–C) groups is 1. The summed E-state index contributed by atoms with van der Waals surface area (Å²) < 4.78 is 0. The Morgan fingerprint density at radius 2 is 2.30 bits per heavy atom. The maximum absolute atomic E-state index is 8.84. The lowest BCUT2D eigenvalue weighted by Crippen LogP contribution is -1.98. The number of hydrogen-bond acceptors (Lipinski definition) is 3. The van der Waals surface area contributed by atoms with Crippen LogP contribution in [0.4, 0.5) is 0 Å². The number of nitrogens with zero attached hydrogens (tertiary/aromatic N) is 1. The third-order valence-electron chi connectivity index (χ3n) is 1.21. The lowest BCUT2D eigenvalue weighted by Gasteiger charge is -2.00. The van der Waals surface area contributed by atoms with Crippen molar-refractivity contribution < 1.29 is 5.11 Å². The van der Waals surface area contributed by atoms with E-state index in [1.54, 1.807) is 6.92 Å². The van der Waals surface area contributed by atoms with Crippen LogP contribution in [-0.4, -0.2) is 22.9 Å². The lowest BCUT2D eigenvalue weighted by atomic mass is 10.2. The van der Waals surface area contributed by atoms with E-state index in [1.165, 1.54) is 0 Å². The van der Waals surface area contributed by atoms with Gasteiger partial charge in [0.05, 0.1) is 11.3 Å². The first kappa shape index (κ1) is 9.76. The van der Waals surface area contributed by atoms with Crippen LogP contribution in [0.2, 0.25) is 0 Å². The summed E-state index contributed by atoms with van der Waals surface area (Å²) in [4.78, 5) is 3.75. The molecule has 0 amide bonds. The second-order valence-corrected chi connectivity index (χ2v) is 2.50. The molecular weight excluding hydrogens is 146 g/mol. The first-order valence-corrected chi connectivity index (χ1v) is 3.90. The van der Waals surface area contributed by atoms with Gasteiger partial charge in [0.2, 0.25) is 0 Å². The molecule has 1 N–H and O–H groups in total. The van der Waals surface area contributed by atoms with Crippen LogP contribution < -0.4 is 0 Å². The van der Waals surface area contributed by atoms with E-state index in [4.69, 9.17) is 5.11 Å². The minimum absolute atomic E-state index is 0.184. The molecule has 0 aliphatic heterocycles. The quantitative estimate of drug-likeness (QED) is 0.376. The molecule has 2 nitrogen and oxygen atoms in total. The number of unbranched alkanes of at least 4 members (excludes halogenated alkanes) is 1. The van der Waals surface area contributed by atoms with Gasteiger partial charge in [0.25, 0.3) is 0 Å². The van der Waals surface area contributed by atoms with Gasteiger partial charge in [0.1, 0.15) is 0 Å². The minimum atomic E-state index is -0.184. The number of isothiocyanates is 1. The Hall–Kier alpha value is -0.240. The first-order valence-electron chi connectivity index (χ1n) is 3.49. The maximum atomic E-state index is 8.84. The van der Waals surface area contributed by atoms with Crippen molar-refractivity contribution in [3.05, 3.63) is 0 Å². The minimum Gasteiger partial charge on any atom is -0.393 e. The highest BCUT2D eigenvalue weighted by Gasteiger charge is 1.93. The molecule has 0 aliphatic rings. The van der Waals surface area contributed by atoms with Crippen LogP contribution in [0.5, 0.6) is 0 Å². The second kappa shape index (κ2) is 6.87. The van der Waals surface area contributed by atoms with Crippen molar-refractivity contribution in [1.29, 1.82) is 0 Å². The van der Waals surface area contributed by atoms with Gasteiger partial charge in [-0.05, 0) is 38.4 Å². The molecule has 0 rings (SSSR count). The van der Waals surface area contributed by atoms with Crippen LogP contribution in [0, 0.1) is 0 Å². The smallest absolute Gasteiger partial charge is 0.0584 e. The molecular formula is C7H13NOS. The Morgan fingerprint density at radius 3 is 2.80 bits per heavy atom. The van der Waals surface area contributed by atoms with Gasteiger partial charge < -0.3 is 5.11 Å². The number of hydrogen-bond donors (Lipinski definition) is 1. The van der Waals surface area contributed by atoms with Crippen LogP contribution in [0.25, 0.3) is 0 Å². The molecule has 0 aromatic rings. The Kier molecular flexibility index (Phi) is 6.71. The number of rotatable bonds is 5. The standard InChI is InChI=1S/C7H13NOS/c1-7(9)4-2-3-5-8-6-10/h7,9H,2-5H2,1H3. The molecule has 0 saturated heterocycles. The fourth-order valence-electron chi connectivity index (χ4n) is 0.676. The SMILES string of the molecule is CC(O)CCCCN=C=S. The highest BCUT2D eigenvalue weighted by molar-refractivity contribution is 7.78. The molecule has 0 aliphatic carbocycles. The Labute approximate surface area is 67.0 Å². The summed E-state index contributed by atoms with van der Waals surface area (Å²) in [6.07, 6.45) is 2.68. The average Bonchev–Trinajstić information content (AvgIpc) is 1.87. The van der Waals surface area contributed by atoms with Crippen LogP contribution in [0.15, 0.2) is 4.99 Å². The predicted octanol–water partition coefficient (Wildman–Crippen LogP) is 1.64. The number of aliphatic hydroxyl groups is 1. The molecule has 0 heterocycles. The van der Waals surface area contributed by atoms with Gasteiger partial charge in [-0.1, -0.05) is 0 Å².